The van der Waals surface area contributed by atoms with E-state index in [9.17, 15) is 0 Å². The standard InChI is InChI=1S/C15H15Br2ClS/c1-2-3-4-10-5-7-11(8-6-10)14(18)12-9-13(16)19-15(12)17/h5-9,14H,2-4H2,1H3. The molecule has 1 aromatic heterocycles. The number of alkyl halides is 1. The van der Waals surface area contributed by atoms with Crippen LogP contribution in [0.2, 0.25) is 0 Å². The summed E-state index contributed by atoms with van der Waals surface area (Å²) in [5.74, 6) is 0. The number of thiophene rings is 1. The van der Waals surface area contributed by atoms with Gasteiger partial charge in [0.15, 0.2) is 0 Å². The molecule has 0 aliphatic rings. The predicted octanol–water partition coefficient (Wildman–Crippen LogP) is 6.94. The van der Waals surface area contributed by atoms with E-state index in [4.69, 9.17) is 11.6 Å². The van der Waals surface area contributed by atoms with Crippen molar-refractivity contribution in [3.8, 4) is 0 Å². The van der Waals surface area contributed by atoms with Crippen molar-refractivity contribution in [3.05, 3.63) is 54.6 Å². The van der Waals surface area contributed by atoms with Gasteiger partial charge in [-0.2, -0.15) is 0 Å². The Balaban J connectivity index is 2.15. The molecule has 1 atom stereocenters. The van der Waals surface area contributed by atoms with Crippen molar-refractivity contribution in [1.29, 1.82) is 0 Å². The van der Waals surface area contributed by atoms with Crippen LogP contribution >= 0.6 is 54.8 Å². The van der Waals surface area contributed by atoms with Crippen molar-refractivity contribution in [2.45, 2.75) is 31.6 Å². The number of benzene rings is 1. The molecule has 1 heterocycles. The number of halogens is 3. The van der Waals surface area contributed by atoms with Gasteiger partial charge in [0.05, 0.1) is 12.9 Å². The maximum Gasteiger partial charge on any atom is 0.0854 e. The first-order chi connectivity index (χ1) is 9.11. The molecule has 0 spiro atoms. The average Bonchev–Trinajstić information content (AvgIpc) is 2.75. The lowest BCUT2D eigenvalue weighted by molar-refractivity contribution is 0.794. The molecular weight excluding hydrogens is 407 g/mol. The molecule has 0 saturated heterocycles. The van der Waals surface area contributed by atoms with Crippen LogP contribution in [0.4, 0.5) is 0 Å². The molecular formula is C15H15Br2ClS. The number of unbranched alkanes of at least 4 members (excludes halogenated alkanes) is 1. The zero-order chi connectivity index (χ0) is 13.8. The van der Waals surface area contributed by atoms with Gasteiger partial charge in [-0.05, 0) is 61.9 Å². The summed E-state index contributed by atoms with van der Waals surface area (Å²) in [5, 5.41) is -0.0999. The Labute approximate surface area is 140 Å². The molecule has 4 heteroatoms. The molecule has 0 aliphatic carbocycles. The zero-order valence-corrected chi connectivity index (χ0v) is 15.4. The molecule has 0 N–H and O–H groups in total. The van der Waals surface area contributed by atoms with Gasteiger partial charge >= 0.3 is 0 Å². The van der Waals surface area contributed by atoms with Gasteiger partial charge in [-0.1, -0.05) is 37.6 Å². The molecule has 2 aromatic rings. The summed E-state index contributed by atoms with van der Waals surface area (Å²) < 4.78 is 2.19. The largest absolute Gasteiger partial charge is 0.121 e. The van der Waals surface area contributed by atoms with Gasteiger partial charge in [0, 0.05) is 5.56 Å². The molecule has 0 nitrogen and oxygen atoms in total. The van der Waals surface area contributed by atoms with Crippen LogP contribution in [0.5, 0.6) is 0 Å². The monoisotopic (exact) mass is 420 g/mol. The first kappa shape index (κ1) is 15.6. The topological polar surface area (TPSA) is 0 Å². The van der Waals surface area contributed by atoms with Crippen molar-refractivity contribution in [3.63, 3.8) is 0 Å². The smallest absolute Gasteiger partial charge is 0.0854 e. The summed E-state index contributed by atoms with van der Waals surface area (Å²) in [6, 6.07) is 10.7. The van der Waals surface area contributed by atoms with E-state index in [1.165, 1.54) is 18.4 Å². The average molecular weight is 423 g/mol. The van der Waals surface area contributed by atoms with E-state index >= 15 is 0 Å². The summed E-state index contributed by atoms with van der Waals surface area (Å²) in [6.45, 7) is 2.22. The Kier molecular flexibility index (Phi) is 5.94. The van der Waals surface area contributed by atoms with Crippen molar-refractivity contribution in [2.24, 2.45) is 0 Å². The molecule has 0 saturated carbocycles. The van der Waals surface area contributed by atoms with Crippen LogP contribution in [-0.4, -0.2) is 0 Å². The first-order valence-corrected chi connectivity index (χ1v) is 9.13. The molecule has 1 unspecified atom stereocenters. The van der Waals surface area contributed by atoms with Crippen LogP contribution in [0, 0.1) is 0 Å². The van der Waals surface area contributed by atoms with Crippen LogP contribution < -0.4 is 0 Å². The second kappa shape index (κ2) is 7.26. The second-order valence-electron chi connectivity index (χ2n) is 4.49. The van der Waals surface area contributed by atoms with Crippen molar-refractivity contribution in [2.75, 3.05) is 0 Å². The quantitative estimate of drug-likeness (QED) is 0.458. The highest BCUT2D eigenvalue weighted by molar-refractivity contribution is 9.12. The fourth-order valence-corrected chi connectivity index (χ4v) is 5.36. The highest BCUT2D eigenvalue weighted by atomic mass is 79.9. The van der Waals surface area contributed by atoms with Crippen LogP contribution in [0.3, 0.4) is 0 Å². The van der Waals surface area contributed by atoms with Crippen molar-refractivity contribution in [1.82, 2.24) is 0 Å². The van der Waals surface area contributed by atoms with E-state index < -0.39 is 0 Å². The van der Waals surface area contributed by atoms with E-state index in [0.29, 0.717) is 0 Å². The SMILES string of the molecule is CCCCc1ccc(C(Cl)c2cc(Br)sc2Br)cc1. The summed E-state index contributed by atoms with van der Waals surface area (Å²) in [6.07, 6.45) is 3.62. The van der Waals surface area contributed by atoms with Gasteiger partial charge < -0.3 is 0 Å². The Morgan fingerprint density at radius 3 is 2.42 bits per heavy atom. The highest BCUT2D eigenvalue weighted by Gasteiger charge is 2.16. The second-order valence-corrected chi connectivity index (χ2v) is 8.67. The molecule has 19 heavy (non-hydrogen) atoms. The van der Waals surface area contributed by atoms with E-state index in [0.717, 1.165) is 25.1 Å². The maximum atomic E-state index is 6.56. The minimum Gasteiger partial charge on any atom is -0.121 e. The van der Waals surface area contributed by atoms with Gasteiger partial charge in [-0.15, -0.1) is 22.9 Å². The Morgan fingerprint density at radius 1 is 1.21 bits per heavy atom. The van der Waals surface area contributed by atoms with Gasteiger partial charge in [-0.25, -0.2) is 0 Å². The van der Waals surface area contributed by atoms with Crippen LogP contribution in [0.15, 0.2) is 37.9 Å². The van der Waals surface area contributed by atoms with Gasteiger partial charge in [0.1, 0.15) is 0 Å². The van der Waals surface area contributed by atoms with Crippen LogP contribution in [0.1, 0.15) is 41.8 Å². The van der Waals surface area contributed by atoms with Gasteiger partial charge in [0.25, 0.3) is 0 Å². The summed E-state index contributed by atoms with van der Waals surface area (Å²) in [7, 11) is 0. The van der Waals surface area contributed by atoms with E-state index in [1.807, 2.05) is 0 Å². The molecule has 0 aliphatic heterocycles. The van der Waals surface area contributed by atoms with Crippen molar-refractivity contribution < 1.29 is 0 Å². The van der Waals surface area contributed by atoms with Gasteiger partial charge in [-0.3, -0.25) is 0 Å². The lowest BCUT2D eigenvalue weighted by Gasteiger charge is -2.10. The van der Waals surface area contributed by atoms with E-state index in [-0.39, 0.29) is 5.38 Å². The molecule has 1 aromatic carbocycles. The Hall–Kier alpha value is 0.170. The minimum atomic E-state index is -0.0999. The van der Waals surface area contributed by atoms with Crippen molar-refractivity contribution >= 4 is 54.8 Å². The Morgan fingerprint density at radius 2 is 1.89 bits per heavy atom. The normalized spacial score (nSPS) is 12.6. The summed E-state index contributed by atoms with van der Waals surface area (Å²) in [5.41, 5.74) is 3.66. The highest BCUT2D eigenvalue weighted by Crippen LogP contribution is 2.40. The summed E-state index contributed by atoms with van der Waals surface area (Å²) >= 11 is 15.3. The zero-order valence-electron chi connectivity index (χ0n) is 10.6. The first-order valence-electron chi connectivity index (χ1n) is 6.29. The fraction of sp³-hybridized carbons (Fsp3) is 0.333. The maximum absolute atomic E-state index is 6.56. The molecule has 0 bridgehead atoms. The Bertz CT molecular complexity index is 534. The van der Waals surface area contributed by atoms with E-state index in [1.54, 1.807) is 11.3 Å². The third-order valence-corrected chi connectivity index (χ3v) is 5.92. The minimum absolute atomic E-state index is 0.0999. The number of rotatable bonds is 5. The lowest BCUT2D eigenvalue weighted by atomic mass is 10.0. The molecule has 0 radical (unpaired) electrons. The van der Waals surface area contributed by atoms with E-state index in [2.05, 4.69) is 69.1 Å². The molecule has 2 rings (SSSR count). The third-order valence-electron chi connectivity index (χ3n) is 3.05. The van der Waals surface area contributed by atoms with Crippen LogP contribution in [-0.2, 0) is 6.42 Å². The number of hydrogen-bond donors (Lipinski definition) is 0. The van der Waals surface area contributed by atoms with Crippen LogP contribution in [0.25, 0.3) is 0 Å². The molecule has 102 valence electrons. The van der Waals surface area contributed by atoms with Gasteiger partial charge in [0.2, 0.25) is 0 Å². The third kappa shape index (κ3) is 4.07. The number of hydrogen-bond acceptors (Lipinski definition) is 1. The molecule has 0 fully saturated rings. The lowest BCUT2D eigenvalue weighted by Crippen LogP contribution is -1.93. The molecule has 0 amide bonds. The number of aryl methyl sites for hydroxylation is 1. The summed E-state index contributed by atoms with van der Waals surface area (Å²) in [4.78, 5) is 0. The fourth-order valence-electron chi connectivity index (χ4n) is 1.94. The predicted molar refractivity (Wildman–Crippen MR) is 92.5 cm³/mol.